The molecule has 2 aromatic rings. The van der Waals surface area contributed by atoms with E-state index in [1.807, 2.05) is 24.3 Å². The van der Waals surface area contributed by atoms with Crippen LogP contribution >= 0.6 is 23.6 Å². The van der Waals surface area contributed by atoms with Crippen LogP contribution in [0.5, 0.6) is 0 Å². The van der Waals surface area contributed by atoms with E-state index in [4.69, 9.17) is 18.0 Å². The molecule has 0 aliphatic carbocycles. The molecule has 6 heteroatoms. The first-order chi connectivity index (χ1) is 9.08. The van der Waals surface area contributed by atoms with Crippen molar-refractivity contribution in [3.8, 4) is 0 Å². The lowest BCUT2D eigenvalue weighted by atomic mass is 10.1. The number of rotatable bonds is 4. The van der Waals surface area contributed by atoms with Crippen molar-refractivity contribution in [3.63, 3.8) is 0 Å². The Hall–Kier alpha value is -1.79. The molecule has 1 heterocycles. The number of aromatic nitrogens is 1. The highest BCUT2D eigenvalue weighted by molar-refractivity contribution is 7.80. The van der Waals surface area contributed by atoms with Gasteiger partial charge in [-0.2, -0.15) is 0 Å². The minimum atomic E-state index is -0.0954. The molecule has 0 spiro atoms. The van der Waals surface area contributed by atoms with E-state index in [2.05, 4.69) is 4.98 Å². The lowest BCUT2D eigenvalue weighted by Gasteiger charge is -2.16. The summed E-state index contributed by atoms with van der Waals surface area (Å²) >= 11 is 6.35. The van der Waals surface area contributed by atoms with Gasteiger partial charge in [-0.1, -0.05) is 30.4 Å². The third kappa shape index (κ3) is 3.36. The van der Waals surface area contributed by atoms with Gasteiger partial charge in [-0.15, -0.1) is 11.3 Å². The molecule has 1 amide bonds. The Bertz CT molecular complexity index is 596. The summed E-state index contributed by atoms with van der Waals surface area (Å²) in [6.45, 7) is 0.493. The molecule has 4 nitrogen and oxygen atoms in total. The van der Waals surface area contributed by atoms with Gasteiger partial charge >= 0.3 is 0 Å². The number of thiazole rings is 1. The fraction of sp³-hybridized carbons (Fsp3) is 0.154. The van der Waals surface area contributed by atoms with Crippen LogP contribution in [0.25, 0.3) is 0 Å². The van der Waals surface area contributed by atoms with Gasteiger partial charge in [0.05, 0.1) is 5.51 Å². The third-order valence-corrected chi connectivity index (χ3v) is 3.45. The molecule has 0 aliphatic heterocycles. The van der Waals surface area contributed by atoms with Crippen molar-refractivity contribution in [3.05, 3.63) is 52.0 Å². The average molecular weight is 291 g/mol. The number of nitrogens with zero attached hydrogens (tertiary/aromatic N) is 2. The number of benzene rings is 1. The summed E-state index contributed by atoms with van der Waals surface area (Å²) in [5.74, 6) is -0.0954. The Kier molecular flexibility index (Phi) is 4.24. The van der Waals surface area contributed by atoms with Crippen molar-refractivity contribution in [2.45, 2.75) is 6.54 Å². The maximum absolute atomic E-state index is 12.0. The zero-order valence-electron chi connectivity index (χ0n) is 10.4. The molecule has 1 aromatic carbocycles. The summed E-state index contributed by atoms with van der Waals surface area (Å²) in [6.07, 6.45) is 0. The van der Waals surface area contributed by atoms with Crippen molar-refractivity contribution in [1.82, 2.24) is 9.88 Å². The van der Waals surface area contributed by atoms with Crippen LogP contribution in [0, 0.1) is 0 Å². The molecule has 0 radical (unpaired) electrons. The van der Waals surface area contributed by atoms with E-state index in [-0.39, 0.29) is 5.91 Å². The normalized spacial score (nSPS) is 10.2. The molecule has 0 atom stereocenters. The Morgan fingerprint density at radius 2 is 2.32 bits per heavy atom. The van der Waals surface area contributed by atoms with Crippen molar-refractivity contribution in [2.24, 2.45) is 5.73 Å². The van der Waals surface area contributed by atoms with Crippen LogP contribution in [0.2, 0.25) is 0 Å². The number of amides is 1. The number of hydrogen-bond donors (Lipinski definition) is 1. The smallest absolute Gasteiger partial charge is 0.273 e. The van der Waals surface area contributed by atoms with Gasteiger partial charge in [0, 0.05) is 24.5 Å². The molecule has 0 bridgehead atoms. The van der Waals surface area contributed by atoms with Crippen LogP contribution in [0.3, 0.4) is 0 Å². The first-order valence-corrected chi connectivity index (χ1v) is 6.95. The van der Waals surface area contributed by atoms with Gasteiger partial charge in [0.15, 0.2) is 0 Å². The van der Waals surface area contributed by atoms with Crippen LogP contribution in [-0.4, -0.2) is 27.8 Å². The fourth-order valence-corrected chi connectivity index (χ4v) is 2.34. The van der Waals surface area contributed by atoms with Crippen LogP contribution < -0.4 is 5.73 Å². The summed E-state index contributed by atoms with van der Waals surface area (Å²) in [5, 5.41) is 1.74. The largest absolute Gasteiger partial charge is 0.389 e. The van der Waals surface area contributed by atoms with Gasteiger partial charge in [0.2, 0.25) is 0 Å². The third-order valence-electron chi connectivity index (χ3n) is 2.63. The SMILES string of the molecule is CN(Cc1cccc(C(N)=S)c1)C(=O)c1cscn1. The van der Waals surface area contributed by atoms with E-state index in [1.54, 1.807) is 22.8 Å². The summed E-state index contributed by atoms with van der Waals surface area (Å²) in [4.78, 5) is 18.0. The Morgan fingerprint density at radius 1 is 1.53 bits per heavy atom. The topological polar surface area (TPSA) is 59.2 Å². The molecule has 0 fully saturated rings. The Morgan fingerprint density at radius 3 is 2.95 bits per heavy atom. The van der Waals surface area contributed by atoms with Crippen LogP contribution in [0.1, 0.15) is 21.6 Å². The molecule has 2 rings (SSSR count). The molecule has 19 heavy (non-hydrogen) atoms. The first kappa shape index (κ1) is 13.6. The van der Waals surface area contributed by atoms with Gasteiger partial charge < -0.3 is 10.6 Å². The molecular weight excluding hydrogens is 278 g/mol. The Labute approximate surface area is 120 Å². The number of carbonyl (C=O) groups is 1. The van der Waals surface area contributed by atoms with E-state index in [9.17, 15) is 4.79 Å². The average Bonchev–Trinajstić information content (AvgIpc) is 2.92. The van der Waals surface area contributed by atoms with Crippen LogP contribution in [-0.2, 0) is 6.54 Å². The Balaban J connectivity index is 2.10. The molecule has 0 aliphatic rings. The maximum atomic E-state index is 12.0. The van der Waals surface area contributed by atoms with Crippen molar-refractivity contribution in [2.75, 3.05) is 7.05 Å². The van der Waals surface area contributed by atoms with Gasteiger partial charge in [-0.3, -0.25) is 4.79 Å². The number of carbonyl (C=O) groups excluding carboxylic acids is 1. The quantitative estimate of drug-likeness (QED) is 0.876. The summed E-state index contributed by atoms with van der Waals surface area (Å²) in [6, 6.07) is 7.57. The lowest BCUT2D eigenvalue weighted by molar-refractivity contribution is 0.0780. The summed E-state index contributed by atoms with van der Waals surface area (Å²) in [7, 11) is 1.75. The second-order valence-electron chi connectivity index (χ2n) is 4.10. The summed E-state index contributed by atoms with van der Waals surface area (Å²) < 4.78 is 0. The molecule has 1 aromatic heterocycles. The predicted octanol–water partition coefficient (Wildman–Crippen LogP) is 2.05. The van der Waals surface area contributed by atoms with Crippen molar-refractivity contribution in [1.29, 1.82) is 0 Å². The van der Waals surface area contributed by atoms with Gasteiger partial charge in [0.25, 0.3) is 5.91 Å². The van der Waals surface area contributed by atoms with E-state index in [0.717, 1.165) is 11.1 Å². The number of thiocarbonyl (C=S) groups is 1. The second kappa shape index (κ2) is 5.90. The molecule has 0 unspecified atom stereocenters. The standard InChI is InChI=1S/C13H13N3OS2/c1-16(13(17)11-7-19-8-15-11)6-9-3-2-4-10(5-9)12(14)18/h2-5,7-8H,6H2,1H3,(H2,14,18). The van der Waals surface area contributed by atoms with Gasteiger partial charge in [-0.25, -0.2) is 4.98 Å². The molecule has 2 N–H and O–H groups in total. The van der Waals surface area contributed by atoms with Crippen LogP contribution in [0.4, 0.5) is 0 Å². The highest BCUT2D eigenvalue weighted by Gasteiger charge is 2.13. The highest BCUT2D eigenvalue weighted by Crippen LogP contribution is 2.10. The molecule has 98 valence electrons. The monoisotopic (exact) mass is 291 g/mol. The zero-order chi connectivity index (χ0) is 13.8. The minimum Gasteiger partial charge on any atom is -0.389 e. The highest BCUT2D eigenvalue weighted by atomic mass is 32.1. The minimum absolute atomic E-state index is 0.0954. The van der Waals surface area contributed by atoms with Crippen LogP contribution in [0.15, 0.2) is 35.2 Å². The van der Waals surface area contributed by atoms with Gasteiger partial charge in [0.1, 0.15) is 10.7 Å². The lowest BCUT2D eigenvalue weighted by Crippen LogP contribution is -2.26. The fourth-order valence-electron chi connectivity index (χ4n) is 1.68. The summed E-state index contributed by atoms with van der Waals surface area (Å²) in [5.41, 5.74) is 9.50. The van der Waals surface area contributed by atoms with Crippen molar-refractivity contribution < 1.29 is 4.79 Å². The van der Waals surface area contributed by atoms with E-state index in [0.29, 0.717) is 17.2 Å². The van der Waals surface area contributed by atoms with E-state index in [1.165, 1.54) is 11.3 Å². The first-order valence-electron chi connectivity index (χ1n) is 5.60. The van der Waals surface area contributed by atoms with Crippen molar-refractivity contribution >= 4 is 34.5 Å². The zero-order valence-corrected chi connectivity index (χ0v) is 12.0. The molecule has 0 saturated heterocycles. The predicted molar refractivity (Wildman–Crippen MR) is 80.2 cm³/mol. The maximum Gasteiger partial charge on any atom is 0.273 e. The van der Waals surface area contributed by atoms with E-state index < -0.39 is 0 Å². The molecule has 0 saturated carbocycles. The van der Waals surface area contributed by atoms with E-state index >= 15 is 0 Å². The second-order valence-corrected chi connectivity index (χ2v) is 5.26. The van der Waals surface area contributed by atoms with Gasteiger partial charge in [-0.05, 0) is 11.6 Å². The number of nitrogens with two attached hydrogens (primary N) is 1. The number of hydrogen-bond acceptors (Lipinski definition) is 4. The molecular formula is C13H13N3OS2.